The summed E-state index contributed by atoms with van der Waals surface area (Å²) in [6.45, 7) is 6.59. The van der Waals surface area contributed by atoms with E-state index in [1.165, 1.54) is 0 Å². The second-order valence-electron chi connectivity index (χ2n) is 6.00. The lowest BCUT2D eigenvalue weighted by atomic mass is 9.91. The first-order chi connectivity index (χ1) is 9.31. The second kappa shape index (κ2) is 5.63. The van der Waals surface area contributed by atoms with Crippen molar-refractivity contribution >= 4 is 28.4 Å². The summed E-state index contributed by atoms with van der Waals surface area (Å²) in [5.41, 5.74) is 8.34. The number of benzene rings is 1. The fourth-order valence-corrected chi connectivity index (χ4v) is 2.54. The average Bonchev–Trinajstić information content (AvgIpc) is 2.65. The molecule has 5 heteroatoms. The monoisotopic (exact) mass is 385 g/mol. The zero-order chi connectivity index (χ0) is 14.9. The molecular formula is C15H20IN3O. The maximum atomic E-state index is 6.20. The summed E-state index contributed by atoms with van der Waals surface area (Å²) in [6.07, 6.45) is 0.895. The van der Waals surface area contributed by atoms with E-state index in [1.54, 1.807) is 11.8 Å². The Balaban J connectivity index is 2.44. The van der Waals surface area contributed by atoms with E-state index in [2.05, 4.69) is 48.5 Å². The van der Waals surface area contributed by atoms with E-state index in [0.29, 0.717) is 5.82 Å². The summed E-state index contributed by atoms with van der Waals surface area (Å²) in [5.74, 6) is 1.47. The summed E-state index contributed by atoms with van der Waals surface area (Å²) in [6, 6.07) is 7.75. The molecule has 1 aromatic carbocycles. The highest BCUT2D eigenvalue weighted by Gasteiger charge is 2.20. The Kier molecular flexibility index (Phi) is 4.27. The molecular weight excluding hydrogens is 365 g/mol. The maximum absolute atomic E-state index is 6.20. The molecule has 0 amide bonds. The van der Waals surface area contributed by atoms with Gasteiger partial charge in [-0.3, -0.25) is 0 Å². The molecule has 0 spiro atoms. The topological polar surface area (TPSA) is 53.1 Å². The van der Waals surface area contributed by atoms with Crippen LogP contribution in [0.15, 0.2) is 24.3 Å². The molecule has 0 radical (unpaired) electrons. The minimum Gasteiger partial charge on any atom is -0.497 e. The zero-order valence-electron chi connectivity index (χ0n) is 12.3. The van der Waals surface area contributed by atoms with Gasteiger partial charge in [-0.05, 0) is 46.6 Å². The Morgan fingerprint density at radius 3 is 2.65 bits per heavy atom. The molecule has 20 heavy (non-hydrogen) atoms. The summed E-state index contributed by atoms with van der Waals surface area (Å²) in [7, 11) is 1.65. The SMILES string of the molecule is COc1cccc(-n2nc(CC(C)(C)C)c(I)c2N)c1. The number of anilines is 1. The molecule has 4 nitrogen and oxygen atoms in total. The summed E-state index contributed by atoms with van der Waals surface area (Å²) in [4.78, 5) is 0. The Labute approximate surface area is 133 Å². The van der Waals surface area contributed by atoms with Gasteiger partial charge in [0.15, 0.2) is 0 Å². The number of hydrogen-bond donors (Lipinski definition) is 1. The third-order valence-electron chi connectivity index (χ3n) is 2.92. The van der Waals surface area contributed by atoms with Crippen LogP contribution >= 0.6 is 22.6 Å². The van der Waals surface area contributed by atoms with Crippen molar-refractivity contribution < 1.29 is 4.74 Å². The van der Waals surface area contributed by atoms with Gasteiger partial charge in [0, 0.05) is 6.07 Å². The summed E-state index contributed by atoms with van der Waals surface area (Å²) >= 11 is 2.27. The van der Waals surface area contributed by atoms with E-state index < -0.39 is 0 Å². The molecule has 0 atom stereocenters. The molecule has 1 heterocycles. The van der Waals surface area contributed by atoms with Crippen molar-refractivity contribution in [2.45, 2.75) is 27.2 Å². The van der Waals surface area contributed by atoms with Crippen molar-refractivity contribution in [1.29, 1.82) is 0 Å². The molecule has 0 aliphatic rings. The first-order valence-corrected chi connectivity index (χ1v) is 7.57. The number of ether oxygens (including phenoxy) is 1. The van der Waals surface area contributed by atoms with E-state index in [1.807, 2.05) is 24.3 Å². The molecule has 2 rings (SSSR count). The van der Waals surface area contributed by atoms with Gasteiger partial charge < -0.3 is 10.5 Å². The van der Waals surface area contributed by atoms with Gasteiger partial charge in [-0.2, -0.15) is 5.10 Å². The van der Waals surface area contributed by atoms with Crippen molar-refractivity contribution in [3.8, 4) is 11.4 Å². The van der Waals surface area contributed by atoms with Crippen molar-refractivity contribution in [3.63, 3.8) is 0 Å². The fraction of sp³-hybridized carbons (Fsp3) is 0.400. The quantitative estimate of drug-likeness (QED) is 0.821. The van der Waals surface area contributed by atoms with Crippen LogP contribution in [0.3, 0.4) is 0 Å². The van der Waals surface area contributed by atoms with Gasteiger partial charge in [0.25, 0.3) is 0 Å². The standard InChI is InChI=1S/C15H20IN3O/c1-15(2,3)9-12-13(16)14(17)19(18-12)10-6-5-7-11(8-10)20-4/h5-8H,9,17H2,1-4H3. The molecule has 0 bridgehead atoms. The molecule has 108 valence electrons. The Morgan fingerprint density at radius 1 is 1.35 bits per heavy atom. The van der Waals surface area contributed by atoms with Gasteiger partial charge in [-0.1, -0.05) is 26.8 Å². The van der Waals surface area contributed by atoms with Crippen LogP contribution in [-0.2, 0) is 6.42 Å². The van der Waals surface area contributed by atoms with E-state index in [-0.39, 0.29) is 5.41 Å². The molecule has 0 saturated heterocycles. The Hall–Kier alpha value is -1.24. The van der Waals surface area contributed by atoms with E-state index in [0.717, 1.165) is 27.1 Å². The normalized spacial score (nSPS) is 11.7. The van der Waals surface area contributed by atoms with E-state index in [4.69, 9.17) is 10.5 Å². The van der Waals surface area contributed by atoms with Gasteiger partial charge in [0.2, 0.25) is 0 Å². The van der Waals surface area contributed by atoms with Gasteiger partial charge >= 0.3 is 0 Å². The number of hydrogen-bond acceptors (Lipinski definition) is 3. The molecule has 1 aromatic heterocycles. The molecule has 2 N–H and O–H groups in total. The lowest BCUT2D eigenvalue weighted by Gasteiger charge is -2.16. The van der Waals surface area contributed by atoms with Crippen molar-refractivity contribution in [1.82, 2.24) is 9.78 Å². The van der Waals surface area contributed by atoms with Crippen LogP contribution in [0.4, 0.5) is 5.82 Å². The smallest absolute Gasteiger partial charge is 0.141 e. The van der Waals surface area contributed by atoms with Crippen molar-refractivity contribution in [2.24, 2.45) is 5.41 Å². The molecule has 0 aliphatic carbocycles. The molecule has 0 saturated carbocycles. The van der Waals surface area contributed by atoms with Crippen molar-refractivity contribution in [3.05, 3.63) is 33.5 Å². The van der Waals surface area contributed by atoms with Crippen LogP contribution in [0, 0.1) is 8.99 Å². The highest BCUT2D eigenvalue weighted by Crippen LogP contribution is 2.29. The van der Waals surface area contributed by atoms with Crippen LogP contribution in [0.1, 0.15) is 26.5 Å². The average molecular weight is 385 g/mol. The van der Waals surface area contributed by atoms with Crippen LogP contribution in [0.2, 0.25) is 0 Å². The first-order valence-electron chi connectivity index (χ1n) is 6.49. The lowest BCUT2D eigenvalue weighted by molar-refractivity contribution is 0.404. The minimum absolute atomic E-state index is 0.180. The Morgan fingerprint density at radius 2 is 2.05 bits per heavy atom. The first kappa shape index (κ1) is 15.2. The fourth-order valence-electron chi connectivity index (χ4n) is 2.01. The summed E-state index contributed by atoms with van der Waals surface area (Å²) < 4.78 is 8.06. The van der Waals surface area contributed by atoms with E-state index >= 15 is 0 Å². The highest BCUT2D eigenvalue weighted by atomic mass is 127. The number of aromatic nitrogens is 2. The van der Waals surface area contributed by atoms with Crippen LogP contribution in [-0.4, -0.2) is 16.9 Å². The van der Waals surface area contributed by atoms with Crippen LogP contribution in [0.5, 0.6) is 5.75 Å². The van der Waals surface area contributed by atoms with Crippen LogP contribution in [0.25, 0.3) is 5.69 Å². The number of nitrogen functional groups attached to an aromatic ring is 1. The predicted octanol–water partition coefficient (Wildman–Crippen LogP) is 3.66. The molecule has 0 unspecified atom stereocenters. The van der Waals surface area contributed by atoms with Gasteiger partial charge in [0.05, 0.1) is 22.1 Å². The van der Waals surface area contributed by atoms with Gasteiger partial charge in [-0.25, -0.2) is 4.68 Å². The number of halogens is 1. The highest BCUT2D eigenvalue weighted by molar-refractivity contribution is 14.1. The van der Waals surface area contributed by atoms with Gasteiger partial charge in [-0.15, -0.1) is 0 Å². The minimum atomic E-state index is 0.180. The zero-order valence-corrected chi connectivity index (χ0v) is 14.4. The lowest BCUT2D eigenvalue weighted by Crippen LogP contribution is -2.10. The number of nitrogens with two attached hydrogens (primary N) is 1. The van der Waals surface area contributed by atoms with Crippen LogP contribution < -0.4 is 10.5 Å². The largest absolute Gasteiger partial charge is 0.497 e. The predicted molar refractivity (Wildman–Crippen MR) is 90.4 cm³/mol. The third kappa shape index (κ3) is 3.26. The second-order valence-corrected chi connectivity index (χ2v) is 7.08. The number of nitrogens with zero attached hydrogens (tertiary/aromatic N) is 2. The molecule has 0 aliphatic heterocycles. The Bertz CT molecular complexity index is 614. The van der Waals surface area contributed by atoms with Crippen molar-refractivity contribution in [2.75, 3.05) is 12.8 Å². The number of methoxy groups -OCH3 is 1. The summed E-state index contributed by atoms with van der Waals surface area (Å²) in [5, 5.41) is 4.67. The number of rotatable bonds is 3. The maximum Gasteiger partial charge on any atom is 0.141 e. The van der Waals surface area contributed by atoms with Gasteiger partial charge in [0.1, 0.15) is 11.6 Å². The molecule has 0 fully saturated rings. The van der Waals surface area contributed by atoms with E-state index in [9.17, 15) is 0 Å². The third-order valence-corrected chi connectivity index (χ3v) is 4.10. The molecule has 2 aromatic rings.